The van der Waals surface area contributed by atoms with Crippen molar-refractivity contribution >= 4 is 39.9 Å². The Morgan fingerprint density at radius 2 is 0.600 bits per heavy atom. The molecule has 0 aliphatic carbocycles. The normalized spacial score (nSPS) is 11.5. The van der Waals surface area contributed by atoms with Crippen molar-refractivity contribution < 1.29 is 47.0 Å². The van der Waals surface area contributed by atoms with E-state index >= 15 is 0 Å². The monoisotopic (exact) mass is 1280 g/mol. The van der Waals surface area contributed by atoms with E-state index in [1.807, 2.05) is 121 Å². The number of alkyl halides is 2. The third-order valence-electron chi connectivity index (χ3n) is 13.9. The molecule has 2 heterocycles. The Bertz CT molecular complexity index is 4500. The minimum atomic E-state index is -3.86. The number of sulfone groups is 1. The molecule has 0 aliphatic heterocycles. The zero-order chi connectivity index (χ0) is 64.1. The van der Waals surface area contributed by atoms with Gasteiger partial charge in [0.1, 0.15) is 5.69 Å². The molecule has 0 fully saturated rings. The Kier molecular flexibility index (Phi) is 20.5. The van der Waals surface area contributed by atoms with Crippen molar-refractivity contribution in [3.05, 3.63) is 291 Å². The summed E-state index contributed by atoms with van der Waals surface area (Å²) in [5.41, 5.74) is 13.6. The highest BCUT2D eigenvalue weighted by molar-refractivity contribution is 7.90. The van der Waals surface area contributed by atoms with Gasteiger partial charge < -0.3 is 4.52 Å². The number of benzene rings is 10. The Morgan fingerprint density at radius 3 is 0.933 bits per heavy atom. The topological polar surface area (TPSA) is 254 Å². The van der Waals surface area contributed by atoms with Crippen LogP contribution >= 0.6 is 0 Å². The summed E-state index contributed by atoms with van der Waals surface area (Å²) in [6.07, 6.45) is 0.104. The molecular weight excluding hydrogens is 1220 g/mol. The fourth-order valence-electron chi connectivity index (χ4n) is 9.54. The van der Waals surface area contributed by atoms with Crippen molar-refractivity contribution in [1.29, 1.82) is 0 Å². The van der Waals surface area contributed by atoms with Gasteiger partial charge in [0, 0.05) is 29.1 Å². The third kappa shape index (κ3) is 16.4. The second-order valence-electron chi connectivity index (χ2n) is 20.0. The highest BCUT2D eigenvalue weighted by atomic mass is 32.2. The largest absolute Gasteiger partial charge is 0.354 e. The van der Waals surface area contributed by atoms with Crippen molar-refractivity contribution in [2.75, 3.05) is 6.26 Å². The van der Waals surface area contributed by atoms with Crippen LogP contribution in [0.4, 0.5) is 8.78 Å². The van der Waals surface area contributed by atoms with Crippen LogP contribution in [0.1, 0.15) is 12.2 Å². The predicted octanol–water partition coefficient (Wildman–Crippen LogP) is 14.7. The van der Waals surface area contributed by atoms with Gasteiger partial charge in [-0.15, -0.1) is 0 Å². The summed E-state index contributed by atoms with van der Waals surface area (Å²) in [7, 11) is -14.4. The Morgan fingerprint density at radius 1 is 0.322 bits per heavy atom. The van der Waals surface area contributed by atoms with Gasteiger partial charge >= 0.3 is 0 Å². The lowest BCUT2D eigenvalue weighted by Crippen LogP contribution is -2.11. The maximum Gasteiger partial charge on any atom is 0.298 e. The Hall–Kier alpha value is -9.90. The molecule has 90 heavy (non-hydrogen) atoms. The van der Waals surface area contributed by atoms with Crippen LogP contribution in [0, 0.1) is 0 Å². The number of nitrogens with two attached hydrogens (primary N) is 3. The van der Waals surface area contributed by atoms with Gasteiger partial charge in [-0.1, -0.05) is 230 Å². The second kappa shape index (κ2) is 28.5. The molecule has 0 saturated heterocycles. The molecule has 0 saturated carbocycles. The first-order valence-corrected chi connectivity index (χ1v) is 33.9. The molecule has 12 aromatic rings. The summed E-state index contributed by atoms with van der Waals surface area (Å²) in [6.45, 7) is 0. The molecular formula is C70H57F2N5O9S4. The highest BCUT2D eigenvalue weighted by Crippen LogP contribution is 2.40. The van der Waals surface area contributed by atoms with Gasteiger partial charge in [0.05, 0.1) is 30.8 Å². The summed E-state index contributed by atoms with van der Waals surface area (Å²) >= 11 is 0. The molecule has 0 unspecified atom stereocenters. The van der Waals surface area contributed by atoms with E-state index in [0.717, 1.165) is 66.9 Å². The van der Waals surface area contributed by atoms with Gasteiger partial charge in [0.15, 0.2) is 9.84 Å². The lowest BCUT2D eigenvalue weighted by Gasteiger charge is -2.10. The Labute approximate surface area is 521 Å². The van der Waals surface area contributed by atoms with E-state index in [0.29, 0.717) is 16.0 Å². The number of aromatic nitrogens is 2. The van der Waals surface area contributed by atoms with Crippen LogP contribution in [0.3, 0.4) is 0 Å². The lowest BCUT2D eigenvalue weighted by molar-refractivity contribution is 0.113. The van der Waals surface area contributed by atoms with Crippen LogP contribution in [-0.4, -0.2) is 50.1 Å². The molecule has 0 bridgehead atoms. The molecule has 6 N–H and O–H groups in total. The molecule has 12 rings (SSSR count). The smallest absolute Gasteiger partial charge is 0.298 e. The molecule has 0 atom stereocenters. The first-order valence-electron chi connectivity index (χ1n) is 27.4. The number of pyridine rings is 1. The maximum atomic E-state index is 13.3. The summed E-state index contributed by atoms with van der Waals surface area (Å²) in [6, 6.07) is 84.2. The van der Waals surface area contributed by atoms with E-state index in [1.165, 1.54) is 54.8 Å². The number of sulfonamides is 3. The molecule has 14 nitrogen and oxygen atoms in total. The zero-order valence-electron chi connectivity index (χ0n) is 47.9. The number of hydrogen-bond donors (Lipinski definition) is 3. The molecule has 0 spiro atoms. The molecule has 20 heteroatoms. The van der Waals surface area contributed by atoms with Gasteiger partial charge in [-0.25, -0.2) is 57.9 Å². The molecule has 10 aromatic carbocycles. The molecule has 0 amide bonds. The number of halogens is 2. The second-order valence-corrected chi connectivity index (χ2v) is 26.7. The van der Waals surface area contributed by atoms with E-state index in [-0.39, 0.29) is 25.9 Å². The standard InChI is InChI=1S/C19H16O2S.C18H15NO2S.C17H14N2O2S.C16H12F2N2O3S/c1-22(20,21)17-13-11-16(12-14-17)19-10-6-5-9-18(19)15-7-3-2-4-8-15;19-22(20,21)16-12-10-15(11-13-16)18-9-5-4-8-17(18)14-6-2-1-3-7-14;18-22(20,21)15-10-8-13(9-11-15)16-7-4-12-19-17(16)14-5-2-1-3-6-14;17-16(18)15-13(10-6-8-12(9-7-10)24(19,21)22)14(20-23-15)11-4-2-1-3-5-11/h2-14H,1H3;1-13H,(H2,19,20,21);1-12H,(H2,18,20,21);1-9,16H,(H2,19,21,22). The van der Waals surface area contributed by atoms with Gasteiger partial charge in [-0.3, -0.25) is 4.98 Å². The van der Waals surface area contributed by atoms with E-state index < -0.39 is 52.1 Å². The lowest BCUT2D eigenvalue weighted by atomic mass is 9.95. The molecule has 2 aromatic heterocycles. The van der Waals surface area contributed by atoms with Gasteiger partial charge in [-0.05, 0) is 110 Å². The van der Waals surface area contributed by atoms with Crippen molar-refractivity contribution in [1.82, 2.24) is 10.1 Å². The minimum Gasteiger partial charge on any atom is -0.354 e. The number of hydrogen-bond acceptors (Lipinski definition) is 11. The van der Waals surface area contributed by atoms with E-state index in [4.69, 9.17) is 19.9 Å². The molecule has 0 radical (unpaired) electrons. The van der Waals surface area contributed by atoms with Gasteiger partial charge in [0.25, 0.3) is 6.43 Å². The van der Waals surface area contributed by atoms with Crippen LogP contribution in [0.15, 0.2) is 309 Å². The van der Waals surface area contributed by atoms with E-state index in [9.17, 15) is 42.5 Å². The predicted molar refractivity (Wildman–Crippen MR) is 349 cm³/mol. The molecule has 0 aliphatic rings. The first-order chi connectivity index (χ1) is 43.0. The van der Waals surface area contributed by atoms with E-state index in [1.54, 1.807) is 72.9 Å². The SMILES string of the molecule is CS(=O)(=O)c1ccc(-c2ccccc2-c2ccccc2)cc1.NS(=O)(=O)c1ccc(-c2c(-c3ccccc3)noc2C(F)F)cc1.NS(=O)(=O)c1ccc(-c2ccccc2-c2ccccc2)cc1.NS(=O)(=O)c1ccc(-c2cccnc2-c2ccccc2)cc1. The van der Waals surface area contributed by atoms with Crippen LogP contribution in [0.2, 0.25) is 0 Å². The van der Waals surface area contributed by atoms with Crippen LogP contribution in [0.5, 0.6) is 0 Å². The average molecular weight is 1280 g/mol. The highest BCUT2D eigenvalue weighted by Gasteiger charge is 2.26. The summed E-state index contributed by atoms with van der Waals surface area (Å²) in [5.74, 6) is -0.572. The fraction of sp³-hybridized carbons (Fsp3) is 0.0286. The number of primary sulfonamides is 3. The molecule has 454 valence electrons. The Balaban J connectivity index is 0.000000142. The van der Waals surface area contributed by atoms with Crippen molar-refractivity contribution in [3.63, 3.8) is 0 Å². The fourth-order valence-corrected chi connectivity index (χ4v) is 11.7. The van der Waals surface area contributed by atoms with Crippen LogP contribution in [0.25, 0.3) is 89.3 Å². The quantitative estimate of drug-likeness (QED) is 0.0978. The van der Waals surface area contributed by atoms with Crippen LogP contribution < -0.4 is 15.4 Å². The maximum absolute atomic E-state index is 13.3. The van der Waals surface area contributed by atoms with E-state index in [2.05, 4.69) is 52.6 Å². The zero-order valence-corrected chi connectivity index (χ0v) is 51.2. The van der Waals surface area contributed by atoms with Crippen molar-refractivity contribution in [2.45, 2.75) is 26.0 Å². The minimum absolute atomic E-state index is 0.0985. The first kappa shape index (κ1) is 64.6. The summed E-state index contributed by atoms with van der Waals surface area (Å²) in [4.78, 5) is 4.90. The average Bonchev–Trinajstić information content (AvgIpc) is 1.58. The third-order valence-corrected chi connectivity index (χ3v) is 17.8. The summed E-state index contributed by atoms with van der Waals surface area (Å²) in [5, 5.41) is 19.1. The number of nitrogens with zero attached hydrogens (tertiary/aromatic N) is 2. The van der Waals surface area contributed by atoms with Gasteiger partial charge in [0.2, 0.25) is 35.8 Å². The number of rotatable bonds is 13. The van der Waals surface area contributed by atoms with Crippen LogP contribution in [-0.2, 0) is 39.9 Å². The van der Waals surface area contributed by atoms with Gasteiger partial charge in [-0.2, -0.15) is 0 Å². The van der Waals surface area contributed by atoms with Crippen molar-refractivity contribution in [2.24, 2.45) is 15.4 Å². The summed E-state index contributed by atoms with van der Waals surface area (Å²) < 4.78 is 122. The van der Waals surface area contributed by atoms with Crippen molar-refractivity contribution in [3.8, 4) is 89.3 Å².